The van der Waals surface area contributed by atoms with Gasteiger partial charge in [0, 0.05) is 16.1 Å². The van der Waals surface area contributed by atoms with Gasteiger partial charge in [-0.05, 0) is 38.0 Å². The van der Waals surface area contributed by atoms with Gasteiger partial charge in [0.05, 0.1) is 12.0 Å². The van der Waals surface area contributed by atoms with Crippen LogP contribution in [0.15, 0.2) is 18.2 Å². The molecule has 3 rings (SSSR count). The Balaban J connectivity index is 0.00000176. The van der Waals surface area contributed by atoms with Crippen molar-refractivity contribution in [3.8, 4) is 5.75 Å². The van der Waals surface area contributed by atoms with Crippen LogP contribution in [0.25, 0.3) is 0 Å². The number of hydrogen-bond acceptors (Lipinski definition) is 3. The number of hydrogen-bond donors (Lipinski definition) is 2. The topological polar surface area (TPSA) is 64.4 Å². The molecule has 22 heavy (non-hydrogen) atoms. The molecule has 1 aliphatic carbocycles. The van der Waals surface area contributed by atoms with Gasteiger partial charge in [-0.1, -0.05) is 24.4 Å². The van der Waals surface area contributed by atoms with Crippen LogP contribution < -0.4 is 15.8 Å². The Morgan fingerprint density at radius 3 is 2.95 bits per heavy atom. The quantitative estimate of drug-likeness (QED) is 0.865. The second-order valence-corrected chi connectivity index (χ2v) is 6.79. The minimum atomic E-state index is -0.418. The summed E-state index contributed by atoms with van der Waals surface area (Å²) in [6.45, 7) is 2.43. The van der Waals surface area contributed by atoms with E-state index in [2.05, 4.69) is 5.32 Å². The van der Waals surface area contributed by atoms with E-state index in [-0.39, 0.29) is 30.3 Å². The molecule has 1 saturated carbocycles. The van der Waals surface area contributed by atoms with Gasteiger partial charge >= 0.3 is 0 Å². The highest BCUT2D eigenvalue weighted by molar-refractivity contribution is 6.30. The normalized spacial score (nSPS) is 30.0. The average Bonchev–Trinajstić information content (AvgIpc) is 2.80. The van der Waals surface area contributed by atoms with E-state index in [1.54, 1.807) is 6.07 Å². The molecule has 6 heteroatoms. The fourth-order valence-electron chi connectivity index (χ4n) is 3.37. The summed E-state index contributed by atoms with van der Waals surface area (Å²) in [6.07, 6.45) is 3.92. The molecule has 1 amide bonds. The molecule has 3 atom stereocenters. The molecule has 122 valence electrons. The second kappa shape index (κ2) is 6.65. The van der Waals surface area contributed by atoms with E-state index >= 15 is 0 Å². The number of carbonyl (C=O) groups excluding carboxylic acids is 1. The van der Waals surface area contributed by atoms with Crippen molar-refractivity contribution in [1.82, 2.24) is 5.32 Å². The van der Waals surface area contributed by atoms with Gasteiger partial charge in [-0.2, -0.15) is 0 Å². The number of nitrogens with one attached hydrogen (secondary N) is 1. The van der Waals surface area contributed by atoms with Gasteiger partial charge in [0.15, 0.2) is 0 Å². The van der Waals surface area contributed by atoms with E-state index in [1.165, 1.54) is 0 Å². The van der Waals surface area contributed by atoms with Crippen LogP contribution >= 0.6 is 24.0 Å². The summed E-state index contributed by atoms with van der Waals surface area (Å²) in [4.78, 5) is 12.6. The summed E-state index contributed by atoms with van der Waals surface area (Å²) in [5, 5.41) is 3.74. The number of halogens is 2. The van der Waals surface area contributed by atoms with Crippen molar-refractivity contribution in [2.45, 2.75) is 44.2 Å². The summed E-state index contributed by atoms with van der Waals surface area (Å²) in [7, 11) is 0. The first-order chi connectivity index (χ1) is 9.97. The van der Waals surface area contributed by atoms with Crippen LogP contribution in [-0.4, -0.2) is 18.1 Å². The third-order valence-corrected chi connectivity index (χ3v) is 4.88. The first kappa shape index (κ1) is 17.4. The van der Waals surface area contributed by atoms with Crippen LogP contribution in [0.4, 0.5) is 0 Å². The molecule has 3 unspecified atom stereocenters. The molecule has 3 N–H and O–H groups in total. The third-order valence-electron chi connectivity index (χ3n) is 4.64. The van der Waals surface area contributed by atoms with Crippen LogP contribution in [-0.2, 0) is 4.79 Å². The lowest BCUT2D eigenvalue weighted by Gasteiger charge is -2.37. The Bertz CT molecular complexity index is 563. The zero-order valence-corrected chi connectivity index (χ0v) is 14.2. The number of rotatable bonds is 2. The van der Waals surface area contributed by atoms with E-state index in [0.717, 1.165) is 37.0 Å². The van der Waals surface area contributed by atoms with Gasteiger partial charge in [-0.25, -0.2) is 0 Å². The predicted octanol–water partition coefficient (Wildman–Crippen LogP) is 3.22. The van der Waals surface area contributed by atoms with Crippen molar-refractivity contribution in [3.63, 3.8) is 0 Å². The van der Waals surface area contributed by atoms with Crippen molar-refractivity contribution >= 4 is 29.9 Å². The maximum absolute atomic E-state index is 12.6. The monoisotopic (exact) mass is 344 g/mol. The summed E-state index contributed by atoms with van der Waals surface area (Å²) >= 11 is 6.03. The average molecular weight is 345 g/mol. The lowest BCUT2D eigenvalue weighted by atomic mass is 9.74. The molecule has 0 bridgehead atoms. The maximum Gasteiger partial charge on any atom is 0.225 e. The molecule has 0 aromatic heterocycles. The third kappa shape index (κ3) is 3.34. The van der Waals surface area contributed by atoms with Crippen molar-refractivity contribution in [1.29, 1.82) is 0 Å². The van der Waals surface area contributed by atoms with Crippen LogP contribution in [0.5, 0.6) is 5.75 Å². The highest BCUT2D eigenvalue weighted by atomic mass is 35.5. The van der Waals surface area contributed by atoms with Gasteiger partial charge in [-0.3, -0.25) is 4.79 Å². The Labute approximate surface area is 142 Å². The SMILES string of the molecule is CC1(N)CCCCC1C(=O)NC1COc2ccc(Cl)cc21.Cl. The Hall–Kier alpha value is -0.970. The summed E-state index contributed by atoms with van der Waals surface area (Å²) < 4.78 is 5.60. The molecule has 4 nitrogen and oxygen atoms in total. The molecular formula is C16H22Cl2N2O2. The zero-order valence-electron chi connectivity index (χ0n) is 12.6. The molecule has 1 aromatic carbocycles. The first-order valence-electron chi connectivity index (χ1n) is 7.49. The number of amides is 1. The Kier molecular flexibility index (Phi) is 5.25. The Morgan fingerprint density at radius 1 is 1.45 bits per heavy atom. The molecule has 1 fully saturated rings. The lowest BCUT2D eigenvalue weighted by molar-refractivity contribution is -0.129. The molecule has 0 radical (unpaired) electrons. The van der Waals surface area contributed by atoms with Crippen LogP contribution in [0.1, 0.15) is 44.2 Å². The predicted molar refractivity (Wildman–Crippen MR) is 89.6 cm³/mol. The molecule has 0 spiro atoms. The minimum absolute atomic E-state index is 0. The minimum Gasteiger partial charge on any atom is -0.491 e. The fourth-order valence-corrected chi connectivity index (χ4v) is 3.55. The van der Waals surface area contributed by atoms with Crippen molar-refractivity contribution in [2.24, 2.45) is 11.7 Å². The fraction of sp³-hybridized carbons (Fsp3) is 0.562. The van der Waals surface area contributed by atoms with E-state index < -0.39 is 5.54 Å². The van der Waals surface area contributed by atoms with Crippen molar-refractivity contribution in [2.75, 3.05) is 6.61 Å². The number of nitrogens with two attached hydrogens (primary N) is 1. The molecule has 0 saturated heterocycles. The molecule has 1 heterocycles. The van der Waals surface area contributed by atoms with Crippen LogP contribution in [0.3, 0.4) is 0 Å². The number of benzene rings is 1. The summed E-state index contributed by atoms with van der Waals surface area (Å²) in [6, 6.07) is 5.36. The van der Waals surface area contributed by atoms with Gasteiger partial charge in [0.25, 0.3) is 0 Å². The van der Waals surface area contributed by atoms with Crippen LogP contribution in [0.2, 0.25) is 5.02 Å². The number of fused-ring (bicyclic) bond motifs is 1. The van der Waals surface area contributed by atoms with E-state index in [9.17, 15) is 4.79 Å². The zero-order chi connectivity index (χ0) is 15.0. The smallest absolute Gasteiger partial charge is 0.225 e. The van der Waals surface area contributed by atoms with Gasteiger partial charge in [-0.15, -0.1) is 12.4 Å². The maximum atomic E-state index is 12.6. The molecule has 2 aliphatic rings. The van der Waals surface area contributed by atoms with E-state index in [0.29, 0.717) is 11.6 Å². The van der Waals surface area contributed by atoms with Gasteiger partial charge < -0.3 is 15.8 Å². The molecular weight excluding hydrogens is 323 g/mol. The van der Waals surface area contributed by atoms with Crippen LogP contribution in [0, 0.1) is 5.92 Å². The molecule has 1 aromatic rings. The van der Waals surface area contributed by atoms with Gasteiger partial charge in [0.1, 0.15) is 12.4 Å². The highest BCUT2D eigenvalue weighted by Gasteiger charge is 2.39. The lowest BCUT2D eigenvalue weighted by Crippen LogP contribution is -2.53. The van der Waals surface area contributed by atoms with Crippen molar-refractivity contribution in [3.05, 3.63) is 28.8 Å². The Morgan fingerprint density at radius 2 is 2.23 bits per heavy atom. The molecule has 1 aliphatic heterocycles. The largest absolute Gasteiger partial charge is 0.491 e. The standard InChI is InChI=1S/C16H21ClN2O2.ClH/c1-16(18)7-3-2-4-12(16)15(20)19-13-9-21-14-6-5-10(17)8-11(13)14;/h5-6,8,12-13H,2-4,7,9,18H2,1H3,(H,19,20);1H. The summed E-state index contributed by atoms with van der Waals surface area (Å²) in [5.41, 5.74) is 6.83. The van der Waals surface area contributed by atoms with E-state index in [4.69, 9.17) is 22.1 Å². The van der Waals surface area contributed by atoms with Crippen molar-refractivity contribution < 1.29 is 9.53 Å². The van der Waals surface area contributed by atoms with E-state index in [1.807, 2.05) is 19.1 Å². The van der Waals surface area contributed by atoms with Gasteiger partial charge in [0.2, 0.25) is 5.91 Å². The summed E-state index contributed by atoms with van der Waals surface area (Å²) in [5.74, 6) is 0.694. The number of carbonyl (C=O) groups is 1. The number of ether oxygens (including phenoxy) is 1. The second-order valence-electron chi connectivity index (χ2n) is 6.36. The highest BCUT2D eigenvalue weighted by Crippen LogP contribution is 2.36. The first-order valence-corrected chi connectivity index (χ1v) is 7.87.